The van der Waals surface area contributed by atoms with Crippen molar-refractivity contribution in [1.82, 2.24) is 9.21 Å². The highest BCUT2D eigenvalue weighted by Gasteiger charge is 2.38. The summed E-state index contributed by atoms with van der Waals surface area (Å²) in [4.78, 5) is 15.5. The van der Waals surface area contributed by atoms with Gasteiger partial charge in [0.05, 0.1) is 31.1 Å². The number of likely N-dealkylation sites (N-methyl/N-ethyl adjacent to an activating group) is 1. The molecule has 2 aromatic carbocycles. The maximum atomic E-state index is 13.1. The summed E-state index contributed by atoms with van der Waals surface area (Å²) in [7, 11) is -0.213. The fourth-order valence-electron chi connectivity index (χ4n) is 3.51. The second-order valence-corrected chi connectivity index (χ2v) is 9.03. The normalized spacial score (nSPS) is 17.2. The smallest absolute Gasteiger partial charge is 0.285 e. The second-order valence-electron chi connectivity index (χ2n) is 7.09. The van der Waals surface area contributed by atoms with Crippen LogP contribution in [0.4, 0.5) is 4.39 Å². The van der Waals surface area contributed by atoms with Crippen LogP contribution < -0.4 is 4.90 Å². The van der Waals surface area contributed by atoms with Crippen molar-refractivity contribution in [3.05, 3.63) is 66.0 Å². The quantitative estimate of drug-likeness (QED) is 0.789. The predicted octanol–water partition coefficient (Wildman–Crippen LogP) is 0.544. The van der Waals surface area contributed by atoms with Crippen molar-refractivity contribution >= 4 is 15.9 Å². The number of carbonyl (C=O) groups excluding carboxylic acids is 1. The number of sulfonamides is 1. The fraction of sp³-hybridized carbons (Fsp3) is 0.350. The Morgan fingerprint density at radius 1 is 1.04 bits per heavy atom. The number of rotatable bonds is 5. The zero-order valence-corrected chi connectivity index (χ0v) is 16.8. The van der Waals surface area contributed by atoms with Gasteiger partial charge in [-0.25, -0.2) is 12.8 Å². The molecule has 1 aliphatic rings. The van der Waals surface area contributed by atoms with Gasteiger partial charge in [-0.05, 0) is 24.3 Å². The Bertz CT molecular complexity index is 909. The Morgan fingerprint density at radius 2 is 1.61 bits per heavy atom. The molecule has 1 aliphatic heterocycles. The molecule has 28 heavy (non-hydrogen) atoms. The third-order valence-electron chi connectivity index (χ3n) is 5.04. The van der Waals surface area contributed by atoms with Gasteiger partial charge in [0.1, 0.15) is 5.82 Å². The van der Waals surface area contributed by atoms with Crippen LogP contribution in [0, 0.1) is 5.82 Å². The highest BCUT2D eigenvalue weighted by Crippen LogP contribution is 2.17. The molecular formula is C20H25FN3O3S+. The van der Waals surface area contributed by atoms with Gasteiger partial charge in [-0.2, -0.15) is 4.31 Å². The molecule has 0 aromatic heterocycles. The minimum Gasteiger partial charge on any atom is -0.343 e. The standard InChI is InChI=1S/C20H24FN3O3S/c1-22(2)20(25)19(16-6-4-3-5-7-16)23-12-14-24(15-13-23)28(26,27)18-10-8-17(21)9-11-18/h3-11,19H,12-15H2,1-2H3/p+1/t19-/m0/s1. The third-order valence-corrected chi connectivity index (χ3v) is 6.96. The minimum absolute atomic E-state index is 0.00367. The van der Waals surface area contributed by atoms with Crippen LogP contribution in [0.2, 0.25) is 0 Å². The van der Waals surface area contributed by atoms with Crippen LogP contribution in [0.25, 0.3) is 0 Å². The number of hydrogen-bond donors (Lipinski definition) is 1. The number of amides is 1. The summed E-state index contributed by atoms with van der Waals surface area (Å²) >= 11 is 0. The van der Waals surface area contributed by atoms with E-state index in [1.807, 2.05) is 30.3 Å². The van der Waals surface area contributed by atoms with Gasteiger partial charge in [-0.3, -0.25) is 4.79 Å². The van der Waals surface area contributed by atoms with Crippen molar-refractivity contribution in [3.63, 3.8) is 0 Å². The van der Waals surface area contributed by atoms with Crippen molar-refractivity contribution in [3.8, 4) is 0 Å². The third kappa shape index (κ3) is 4.24. The number of benzene rings is 2. The van der Waals surface area contributed by atoms with Crippen LogP contribution in [0.5, 0.6) is 0 Å². The largest absolute Gasteiger partial charge is 0.343 e. The highest BCUT2D eigenvalue weighted by atomic mass is 32.2. The number of nitrogens with zero attached hydrogens (tertiary/aromatic N) is 2. The zero-order chi connectivity index (χ0) is 20.3. The maximum Gasteiger partial charge on any atom is 0.285 e. The number of halogens is 1. The molecule has 1 amide bonds. The van der Waals surface area contributed by atoms with E-state index in [-0.39, 0.29) is 16.8 Å². The molecule has 3 rings (SSSR count). The van der Waals surface area contributed by atoms with Crippen molar-refractivity contribution in [2.24, 2.45) is 0 Å². The first-order valence-electron chi connectivity index (χ1n) is 9.17. The lowest BCUT2D eigenvalue weighted by atomic mass is 10.0. The summed E-state index contributed by atoms with van der Waals surface area (Å²) < 4.78 is 40.1. The van der Waals surface area contributed by atoms with E-state index in [4.69, 9.17) is 0 Å². The molecule has 1 heterocycles. The van der Waals surface area contributed by atoms with Gasteiger partial charge in [0.2, 0.25) is 10.0 Å². The van der Waals surface area contributed by atoms with Crippen molar-refractivity contribution < 1.29 is 22.5 Å². The molecule has 0 unspecified atom stereocenters. The molecule has 0 bridgehead atoms. The molecule has 0 aliphatic carbocycles. The minimum atomic E-state index is -3.67. The Labute approximate surface area is 165 Å². The molecule has 1 saturated heterocycles. The molecule has 8 heteroatoms. The van der Waals surface area contributed by atoms with Gasteiger partial charge in [-0.15, -0.1) is 0 Å². The van der Waals surface area contributed by atoms with E-state index in [1.54, 1.807) is 19.0 Å². The maximum absolute atomic E-state index is 13.1. The molecule has 0 spiro atoms. The van der Waals surface area contributed by atoms with E-state index < -0.39 is 15.8 Å². The number of hydrogen-bond acceptors (Lipinski definition) is 3. The van der Waals surface area contributed by atoms with Gasteiger partial charge in [0.25, 0.3) is 5.91 Å². The molecule has 6 nitrogen and oxygen atoms in total. The summed E-state index contributed by atoms with van der Waals surface area (Å²) in [6.45, 7) is 1.64. The van der Waals surface area contributed by atoms with Crippen LogP contribution in [0.3, 0.4) is 0 Å². The van der Waals surface area contributed by atoms with Gasteiger partial charge in [0, 0.05) is 19.7 Å². The van der Waals surface area contributed by atoms with Crippen molar-refractivity contribution in [1.29, 1.82) is 0 Å². The Balaban J connectivity index is 1.77. The lowest BCUT2D eigenvalue weighted by Gasteiger charge is -2.36. The lowest BCUT2D eigenvalue weighted by molar-refractivity contribution is -0.925. The molecule has 2 aromatic rings. The van der Waals surface area contributed by atoms with Crippen molar-refractivity contribution in [2.45, 2.75) is 10.9 Å². The Hall–Kier alpha value is -2.29. The first-order valence-corrected chi connectivity index (χ1v) is 10.6. The predicted molar refractivity (Wildman–Crippen MR) is 104 cm³/mol. The van der Waals surface area contributed by atoms with Gasteiger partial charge < -0.3 is 9.80 Å². The van der Waals surface area contributed by atoms with E-state index in [2.05, 4.69) is 0 Å². The Kier molecular flexibility index (Phi) is 6.12. The number of quaternary nitrogens is 1. The van der Waals surface area contributed by atoms with E-state index in [1.165, 1.54) is 16.4 Å². The van der Waals surface area contributed by atoms with E-state index >= 15 is 0 Å². The average molecular weight is 407 g/mol. The summed E-state index contributed by atoms with van der Waals surface area (Å²) in [6, 6.07) is 14.1. The van der Waals surface area contributed by atoms with Crippen LogP contribution in [-0.4, -0.2) is 63.8 Å². The van der Waals surface area contributed by atoms with Gasteiger partial charge in [-0.1, -0.05) is 30.3 Å². The molecule has 1 N–H and O–H groups in total. The molecule has 0 radical (unpaired) electrons. The highest BCUT2D eigenvalue weighted by molar-refractivity contribution is 7.89. The van der Waals surface area contributed by atoms with Crippen molar-refractivity contribution in [2.75, 3.05) is 40.3 Å². The number of nitrogens with one attached hydrogen (secondary N) is 1. The van der Waals surface area contributed by atoms with E-state index in [9.17, 15) is 17.6 Å². The monoisotopic (exact) mass is 406 g/mol. The van der Waals surface area contributed by atoms with Crippen LogP contribution >= 0.6 is 0 Å². The first-order chi connectivity index (χ1) is 13.3. The topological polar surface area (TPSA) is 62.1 Å². The van der Waals surface area contributed by atoms with Gasteiger partial charge >= 0.3 is 0 Å². The summed E-state index contributed by atoms with van der Waals surface area (Å²) in [5, 5.41) is 0. The molecule has 0 saturated carbocycles. The van der Waals surface area contributed by atoms with Gasteiger partial charge in [0.15, 0.2) is 6.04 Å². The molecule has 1 fully saturated rings. The summed E-state index contributed by atoms with van der Waals surface area (Å²) in [5.41, 5.74) is 0.922. The van der Waals surface area contributed by atoms with E-state index in [0.29, 0.717) is 26.2 Å². The van der Waals surface area contributed by atoms with Crippen LogP contribution in [0.15, 0.2) is 59.5 Å². The van der Waals surface area contributed by atoms with Crippen LogP contribution in [-0.2, 0) is 14.8 Å². The summed E-state index contributed by atoms with van der Waals surface area (Å²) in [6.07, 6.45) is 0. The number of piperazine rings is 1. The first kappa shape index (κ1) is 20.4. The lowest BCUT2D eigenvalue weighted by Crippen LogP contribution is -3.16. The zero-order valence-electron chi connectivity index (χ0n) is 16.0. The molecular weight excluding hydrogens is 381 g/mol. The van der Waals surface area contributed by atoms with Crippen LogP contribution in [0.1, 0.15) is 11.6 Å². The second kappa shape index (κ2) is 8.38. The van der Waals surface area contributed by atoms with E-state index in [0.717, 1.165) is 22.6 Å². The SMILES string of the molecule is CN(C)C(=O)[C@H](c1ccccc1)[NH+]1CCN(S(=O)(=O)c2ccc(F)cc2)CC1. The Morgan fingerprint density at radius 3 is 2.14 bits per heavy atom. The summed E-state index contributed by atoms with van der Waals surface area (Å²) in [5.74, 6) is -0.475. The molecule has 150 valence electrons. The fourth-order valence-corrected chi connectivity index (χ4v) is 4.96. The number of carbonyl (C=O) groups is 1. The molecule has 1 atom stereocenters. The average Bonchev–Trinajstić information content (AvgIpc) is 2.69.